The molecule has 0 spiro atoms. The molecule has 1 N–H and O–H groups in total. The van der Waals surface area contributed by atoms with Crippen molar-refractivity contribution in [1.29, 1.82) is 0 Å². The number of unbranched alkanes of at least 4 members (excludes halogenated alkanes) is 1. The highest BCUT2D eigenvalue weighted by atomic mass is 16.5. The van der Waals surface area contributed by atoms with E-state index in [0.29, 0.717) is 28.5 Å². The molecule has 0 bridgehead atoms. The zero-order chi connectivity index (χ0) is 26.5. The van der Waals surface area contributed by atoms with E-state index in [-0.39, 0.29) is 5.56 Å². The topological polar surface area (TPSA) is 126 Å². The fourth-order valence-electron chi connectivity index (χ4n) is 4.26. The number of aromatic nitrogens is 7. The lowest BCUT2D eigenvalue weighted by molar-refractivity contribution is -0.594. The number of pyridine rings is 1. The van der Waals surface area contributed by atoms with Gasteiger partial charge in [0.2, 0.25) is 11.5 Å². The van der Waals surface area contributed by atoms with Crippen molar-refractivity contribution in [2.75, 3.05) is 7.11 Å². The number of aryl methyl sites for hydroxylation is 1. The Labute approximate surface area is 219 Å². The molecule has 3 heterocycles. The average molecular weight is 510 g/mol. The van der Waals surface area contributed by atoms with Crippen LogP contribution in [0.15, 0.2) is 73.1 Å². The number of nitrogens with zero attached hydrogens (tertiary/aromatic N) is 6. The van der Waals surface area contributed by atoms with Gasteiger partial charge in [0, 0.05) is 30.8 Å². The lowest BCUT2D eigenvalue weighted by Crippen LogP contribution is -2.30. The molecule has 0 amide bonds. The van der Waals surface area contributed by atoms with Crippen LogP contribution in [0.1, 0.15) is 41.5 Å². The molecule has 0 fully saturated rings. The summed E-state index contributed by atoms with van der Waals surface area (Å²) in [5.74, 6) is 0.925. The zero-order valence-corrected chi connectivity index (χ0v) is 21.2. The monoisotopic (exact) mass is 509 g/mol. The molecule has 0 unspecified atom stereocenters. The quantitative estimate of drug-likeness (QED) is 0.179. The number of carbonyl (C=O) groups is 1. The van der Waals surface area contributed by atoms with Crippen LogP contribution in [0.4, 0.5) is 0 Å². The van der Waals surface area contributed by atoms with Crippen molar-refractivity contribution in [2.45, 2.75) is 32.7 Å². The van der Waals surface area contributed by atoms with Gasteiger partial charge in [0.25, 0.3) is 0 Å². The van der Waals surface area contributed by atoms with Crippen molar-refractivity contribution in [2.24, 2.45) is 0 Å². The molecule has 2 aromatic carbocycles. The summed E-state index contributed by atoms with van der Waals surface area (Å²) in [6, 6.07) is 19.6. The van der Waals surface area contributed by atoms with Crippen LogP contribution < -0.4 is 4.73 Å². The number of aromatic amines is 1. The van der Waals surface area contributed by atoms with E-state index >= 15 is 0 Å². The summed E-state index contributed by atoms with van der Waals surface area (Å²) in [6.07, 6.45) is 5.96. The minimum absolute atomic E-state index is 0.196. The van der Waals surface area contributed by atoms with Crippen molar-refractivity contribution < 1.29 is 14.3 Å². The largest absolute Gasteiger partial charge is 0.618 e. The maximum atomic E-state index is 12.7. The molecule has 192 valence electrons. The smallest absolute Gasteiger partial charge is 0.344 e. The van der Waals surface area contributed by atoms with Crippen molar-refractivity contribution >= 4 is 5.97 Å². The predicted octanol–water partition coefficient (Wildman–Crippen LogP) is 4.21. The summed E-state index contributed by atoms with van der Waals surface area (Å²) in [7, 11) is 1.29. The molecule has 5 rings (SSSR count). The lowest BCUT2D eigenvalue weighted by atomic mass is 10.0. The molecular formula is C28H27N7O3. The number of methoxy groups -OCH3 is 1. The van der Waals surface area contributed by atoms with Gasteiger partial charge in [0.05, 0.1) is 7.11 Å². The van der Waals surface area contributed by atoms with E-state index in [9.17, 15) is 10.0 Å². The molecule has 3 aromatic heterocycles. The Balaban J connectivity index is 1.36. The van der Waals surface area contributed by atoms with Gasteiger partial charge in [-0.3, -0.25) is 0 Å². The van der Waals surface area contributed by atoms with E-state index < -0.39 is 5.97 Å². The minimum atomic E-state index is -0.554. The van der Waals surface area contributed by atoms with Gasteiger partial charge >= 0.3 is 5.97 Å². The number of imidazole rings is 1. The molecule has 0 atom stereocenters. The number of tetrazole rings is 1. The highest BCUT2D eigenvalue weighted by molar-refractivity contribution is 5.88. The summed E-state index contributed by atoms with van der Waals surface area (Å²) in [6.45, 7) is 2.76. The number of ether oxygens (including phenoxy) is 1. The van der Waals surface area contributed by atoms with Crippen LogP contribution in [-0.2, 0) is 17.7 Å². The molecule has 5 aromatic rings. The average Bonchev–Trinajstić information content (AvgIpc) is 3.63. The molecule has 0 aliphatic heterocycles. The van der Waals surface area contributed by atoms with Crippen molar-refractivity contribution in [3.05, 3.63) is 95.2 Å². The molecule has 10 nitrogen and oxygen atoms in total. The molecule has 0 saturated heterocycles. The summed E-state index contributed by atoms with van der Waals surface area (Å²) in [5.41, 5.74) is 5.36. The summed E-state index contributed by atoms with van der Waals surface area (Å²) >= 11 is 0. The standard InChI is InChI=1S/C28H27N7O3/c1-3-4-5-26-29-24(25-15-14-23(17-35(25)37)28(36)38-2)18-34(26)16-19-6-8-20(9-7-19)21-10-12-22(13-11-21)27-30-32-33-31-27/h6-15,17-18H,3-5,16H2,1-2H3,(H,30,31,32,33). The first kappa shape index (κ1) is 24.8. The highest BCUT2D eigenvalue weighted by Gasteiger charge is 2.19. The van der Waals surface area contributed by atoms with E-state index in [1.54, 1.807) is 12.1 Å². The Morgan fingerprint density at radius 1 is 1.03 bits per heavy atom. The van der Waals surface area contributed by atoms with E-state index in [1.807, 2.05) is 30.5 Å². The summed E-state index contributed by atoms with van der Waals surface area (Å²) < 4.78 is 7.47. The first-order valence-corrected chi connectivity index (χ1v) is 12.4. The van der Waals surface area contributed by atoms with Crippen LogP contribution in [0.2, 0.25) is 0 Å². The first-order valence-electron chi connectivity index (χ1n) is 12.4. The van der Waals surface area contributed by atoms with Gasteiger partial charge in [0.15, 0.2) is 11.9 Å². The number of hydrogen-bond acceptors (Lipinski definition) is 7. The Bertz CT molecular complexity index is 1530. The Morgan fingerprint density at radius 3 is 2.37 bits per heavy atom. The second-order valence-corrected chi connectivity index (χ2v) is 8.90. The van der Waals surface area contributed by atoms with E-state index in [4.69, 9.17) is 9.72 Å². The second-order valence-electron chi connectivity index (χ2n) is 8.90. The maximum Gasteiger partial charge on any atom is 0.344 e. The van der Waals surface area contributed by atoms with E-state index in [0.717, 1.165) is 47.3 Å². The highest BCUT2D eigenvalue weighted by Crippen LogP contribution is 2.24. The van der Waals surface area contributed by atoms with Gasteiger partial charge in [-0.1, -0.05) is 61.9 Å². The minimum Gasteiger partial charge on any atom is -0.618 e. The van der Waals surface area contributed by atoms with E-state index in [1.165, 1.54) is 13.3 Å². The zero-order valence-electron chi connectivity index (χ0n) is 21.2. The number of H-pyrrole nitrogens is 1. The number of nitrogens with one attached hydrogen (secondary N) is 1. The predicted molar refractivity (Wildman–Crippen MR) is 141 cm³/mol. The fourth-order valence-corrected chi connectivity index (χ4v) is 4.26. The summed E-state index contributed by atoms with van der Waals surface area (Å²) in [4.78, 5) is 16.5. The molecule has 0 aliphatic rings. The van der Waals surface area contributed by atoms with Gasteiger partial charge in [-0.2, -0.15) is 9.94 Å². The van der Waals surface area contributed by atoms with Crippen LogP contribution in [-0.4, -0.2) is 43.3 Å². The maximum absolute atomic E-state index is 12.7. The third-order valence-electron chi connectivity index (χ3n) is 6.34. The van der Waals surface area contributed by atoms with Crippen LogP contribution in [0.5, 0.6) is 0 Å². The van der Waals surface area contributed by atoms with Gasteiger partial charge < -0.3 is 14.5 Å². The lowest BCUT2D eigenvalue weighted by Gasteiger charge is -2.09. The number of benzene rings is 2. The number of esters is 1. The molecule has 0 radical (unpaired) electrons. The molecule has 10 heteroatoms. The van der Waals surface area contributed by atoms with Crippen LogP contribution in [0.25, 0.3) is 33.9 Å². The van der Waals surface area contributed by atoms with Crippen LogP contribution in [0, 0.1) is 5.21 Å². The third kappa shape index (κ3) is 5.29. The SMILES string of the molecule is CCCCc1nc(-c2ccc(C(=O)OC)c[n+]2[O-])cn1Cc1ccc(-c2ccc(-c3nn[nH]n3)cc2)cc1. The second kappa shape index (κ2) is 11.0. The van der Waals surface area contributed by atoms with Crippen molar-refractivity contribution in [1.82, 2.24) is 30.2 Å². The molecule has 0 saturated carbocycles. The van der Waals surface area contributed by atoms with E-state index in [2.05, 4.69) is 56.4 Å². The van der Waals surface area contributed by atoms with Crippen molar-refractivity contribution in [3.8, 4) is 33.9 Å². The Morgan fingerprint density at radius 2 is 1.74 bits per heavy atom. The van der Waals surface area contributed by atoms with Gasteiger partial charge in [-0.05, 0) is 34.4 Å². The first-order chi connectivity index (χ1) is 18.6. The number of rotatable bonds is 9. The van der Waals surface area contributed by atoms with Crippen LogP contribution >= 0.6 is 0 Å². The van der Waals surface area contributed by atoms with Gasteiger partial charge in [0.1, 0.15) is 11.4 Å². The molecular weight excluding hydrogens is 482 g/mol. The normalized spacial score (nSPS) is 11.0. The number of carbonyl (C=O) groups excluding carboxylic acids is 1. The molecule has 38 heavy (non-hydrogen) atoms. The Kier molecular flexibility index (Phi) is 7.21. The van der Waals surface area contributed by atoms with Crippen LogP contribution in [0.3, 0.4) is 0 Å². The fraction of sp³-hybridized carbons (Fsp3) is 0.214. The van der Waals surface area contributed by atoms with Crippen molar-refractivity contribution in [3.63, 3.8) is 0 Å². The third-order valence-corrected chi connectivity index (χ3v) is 6.34. The van der Waals surface area contributed by atoms with Gasteiger partial charge in [-0.15, -0.1) is 10.2 Å². The van der Waals surface area contributed by atoms with Gasteiger partial charge in [-0.25, -0.2) is 9.78 Å². The number of hydrogen-bond donors (Lipinski definition) is 1. The molecule has 0 aliphatic carbocycles. The summed E-state index contributed by atoms with van der Waals surface area (Å²) in [5, 5.41) is 26.8. The Hall–Kier alpha value is -4.86.